The summed E-state index contributed by atoms with van der Waals surface area (Å²) in [4.78, 5) is 12.6. The summed E-state index contributed by atoms with van der Waals surface area (Å²) in [5.41, 5.74) is 1.03. The van der Waals surface area contributed by atoms with Gasteiger partial charge < -0.3 is 23.7 Å². The Balaban J connectivity index is 2.38. The van der Waals surface area contributed by atoms with Crippen LogP contribution in [0.1, 0.15) is 15.9 Å². The second kappa shape index (κ2) is 9.19. The van der Waals surface area contributed by atoms with Gasteiger partial charge in [0.15, 0.2) is 17.3 Å². The zero-order valence-electron chi connectivity index (χ0n) is 15.8. The molecule has 0 atom stereocenters. The largest absolute Gasteiger partial charge is 0.496 e. The molecule has 0 radical (unpaired) electrons. The van der Waals surface area contributed by atoms with Crippen molar-refractivity contribution in [2.75, 3.05) is 35.5 Å². The minimum Gasteiger partial charge on any atom is -0.496 e. The number of carbonyl (C=O) groups is 1. The molecule has 0 saturated carbocycles. The van der Waals surface area contributed by atoms with Crippen LogP contribution in [-0.2, 0) is 0 Å². The lowest BCUT2D eigenvalue weighted by Gasteiger charge is -2.13. The molecule has 0 amide bonds. The molecule has 0 unspecified atom stereocenters. The molecule has 0 aliphatic heterocycles. The standard InChI is InChI=1S/C20H21ClO6/c1-23-16-11-17(24-2)14(21)10-13(16)15(22)7-6-12-8-18(25-3)20(27-5)19(9-12)26-4/h6-11H,1-5H3/b7-6+. The second-order valence-electron chi connectivity index (χ2n) is 5.34. The lowest BCUT2D eigenvalue weighted by molar-refractivity contribution is 0.104. The van der Waals surface area contributed by atoms with Crippen LogP contribution in [0.4, 0.5) is 0 Å². The van der Waals surface area contributed by atoms with Gasteiger partial charge >= 0.3 is 0 Å². The molecule has 2 aromatic rings. The Morgan fingerprint density at radius 1 is 0.778 bits per heavy atom. The molecule has 0 bridgehead atoms. The summed E-state index contributed by atoms with van der Waals surface area (Å²) in [7, 11) is 7.55. The number of hydrogen-bond donors (Lipinski definition) is 0. The van der Waals surface area contributed by atoms with Crippen molar-refractivity contribution in [3.05, 3.63) is 46.5 Å². The van der Waals surface area contributed by atoms with Gasteiger partial charge in [-0.05, 0) is 29.8 Å². The van der Waals surface area contributed by atoms with E-state index in [-0.39, 0.29) is 5.78 Å². The first-order chi connectivity index (χ1) is 13.0. The van der Waals surface area contributed by atoms with E-state index in [0.29, 0.717) is 44.9 Å². The van der Waals surface area contributed by atoms with Crippen molar-refractivity contribution in [1.82, 2.24) is 0 Å². The Labute approximate surface area is 163 Å². The fraction of sp³-hybridized carbons (Fsp3) is 0.250. The van der Waals surface area contributed by atoms with Gasteiger partial charge in [0.1, 0.15) is 11.5 Å². The lowest BCUT2D eigenvalue weighted by Crippen LogP contribution is -2.00. The molecule has 144 valence electrons. The Kier molecular flexibility index (Phi) is 6.96. The molecule has 0 aliphatic rings. The van der Waals surface area contributed by atoms with Crippen molar-refractivity contribution >= 4 is 23.5 Å². The highest BCUT2D eigenvalue weighted by Gasteiger charge is 2.15. The minimum absolute atomic E-state index is 0.273. The Bertz CT molecular complexity index is 835. The van der Waals surface area contributed by atoms with Crippen molar-refractivity contribution in [3.63, 3.8) is 0 Å². The van der Waals surface area contributed by atoms with E-state index in [1.807, 2.05) is 0 Å². The SMILES string of the molecule is COc1cc(OC)c(C(=O)/C=C/c2cc(OC)c(OC)c(OC)c2)cc1Cl. The molecule has 0 N–H and O–H groups in total. The van der Waals surface area contributed by atoms with Crippen LogP contribution in [0.5, 0.6) is 28.7 Å². The fourth-order valence-corrected chi connectivity index (χ4v) is 2.75. The molecule has 6 nitrogen and oxygen atoms in total. The van der Waals surface area contributed by atoms with Crippen LogP contribution in [0.25, 0.3) is 6.08 Å². The third-order valence-electron chi connectivity index (χ3n) is 3.85. The quantitative estimate of drug-likeness (QED) is 0.493. The zero-order chi connectivity index (χ0) is 20.0. The van der Waals surface area contributed by atoms with Crippen LogP contribution >= 0.6 is 11.6 Å². The maximum absolute atomic E-state index is 12.6. The maximum Gasteiger partial charge on any atom is 0.203 e. The second-order valence-corrected chi connectivity index (χ2v) is 5.75. The van der Waals surface area contributed by atoms with Crippen LogP contribution < -0.4 is 23.7 Å². The molecule has 2 rings (SSSR count). The smallest absolute Gasteiger partial charge is 0.203 e. The number of hydrogen-bond acceptors (Lipinski definition) is 6. The van der Waals surface area contributed by atoms with Gasteiger partial charge in [-0.3, -0.25) is 4.79 Å². The summed E-state index contributed by atoms with van der Waals surface area (Å²) in [5.74, 6) is 2.00. The summed E-state index contributed by atoms with van der Waals surface area (Å²) in [6.45, 7) is 0. The summed E-state index contributed by atoms with van der Waals surface area (Å²) in [5, 5.41) is 0.322. The maximum atomic E-state index is 12.6. The number of ketones is 1. The van der Waals surface area contributed by atoms with Crippen molar-refractivity contribution in [2.45, 2.75) is 0 Å². The molecule has 0 heterocycles. The van der Waals surface area contributed by atoms with Gasteiger partial charge in [-0.15, -0.1) is 0 Å². The Morgan fingerprint density at radius 3 is 1.81 bits per heavy atom. The highest BCUT2D eigenvalue weighted by Crippen LogP contribution is 2.38. The molecule has 27 heavy (non-hydrogen) atoms. The molecular weight excluding hydrogens is 372 g/mol. The number of benzene rings is 2. The highest BCUT2D eigenvalue weighted by molar-refractivity contribution is 6.32. The number of ether oxygens (including phenoxy) is 5. The molecule has 0 aliphatic carbocycles. The molecule has 0 aromatic heterocycles. The van der Waals surface area contributed by atoms with Gasteiger partial charge in [-0.1, -0.05) is 17.7 Å². The first-order valence-corrected chi connectivity index (χ1v) is 8.30. The first kappa shape index (κ1) is 20.5. The fourth-order valence-electron chi connectivity index (χ4n) is 2.51. The van der Waals surface area contributed by atoms with Gasteiger partial charge in [-0.25, -0.2) is 0 Å². The predicted molar refractivity (Wildman–Crippen MR) is 104 cm³/mol. The van der Waals surface area contributed by atoms with Gasteiger partial charge in [0.2, 0.25) is 5.75 Å². The monoisotopic (exact) mass is 392 g/mol. The molecule has 7 heteroatoms. The van der Waals surface area contributed by atoms with E-state index in [1.165, 1.54) is 47.7 Å². The predicted octanol–water partition coefficient (Wildman–Crippen LogP) is 4.28. The topological polar surface area (TPSA) is 63.2 Å². The van der Waals surface area contributed by atoms with Crippen LogP contribution in [0, 0.1) is 0 Å². The van der Waals surface area contributed by atoms with Crippen LogP contribution in [0.2, 0.25) is 5.02 Å². The number of halogens is 1. The van der Waals surface area contributed by atoms with E-state index in [9.17, 15) is 4.79 Å². The van der Waals surface area contributed by atoms with E-state index in [2.05, 4.69) is 0 Å². The average Bonchev–Trinajstić information content (AvgIpc) is 2.70. The number of rotatable bonds is 8. The number of carbonyl (C=O) groups excluding carboxylic acids is 1. The van der Waals surface area contributed by atoms with Crippen molar-refractivity contribution in [2.24, 2.45) is 0 Å². The molecule has 2 aromatic carbocycles. The minimum atomic E-state index is -0.273. The third kappa shape index (κ3) is 4.46. The van der Waals surface area contributed by atoms with Crippen molar-refractivity contribution < 1.29 is 28.5 Å². The summed E-state index contributed by atoms with van der Waals surface area (Å²) < 4.78 is 26.3. The van der Waals surface area contributed by atoms with Gasteiger partial charge in [-0.2, -0.15) is 0 Å². The van der Waals surface area contributed by atoms with Crippen LogP contribution in [0.3, 0.4) is 0 Å². The van der Waals surface area contributed by atoms with Gasteiger partial charge in [0.25, 0.3) is 0 Å². The normalized spacial score (nSPS) is 10.6. The van der Waals surface area contributed by atoms with E-state index in [1.54, 1.807) is 24.3 Å². The number of allylic oxidation sites excluding steroid dienone is 1. The molecule has 0 saturated heterocycles. The van der Waals surface area contributed by atoms with E-state index in [0.717, 1.165) is 0 Å². The van der Waals surface area contributed by atoms with Gasteiger partial charge in [0.05, 0.1) is 46.1 Å². The average molecular weight is 393 g/mol. The van der Waals surface area contributed by atoms with E-state index < -0.39 is 0 Å². The summed E-state index contributed by atoms with van der Waals surface area (Å²) in [6.07, 6.45) is 3.06. The van der Waals surface area contributed by atoms with Crippen LogP contribution in [-0.4, -0.2) is 41.3 Å². The highest BCUT2D eigenvalue weighted by atomic mass is 35.5. The third-order valence-corrected chi connectivity index (χ3v) is 4.15. The molecule has 0 fully saturated rings. The Morgan fingerprint density at radius 2 is 1.33 bits per heavy atom. The number of methoxy groups -OCH3 is 5. The Hall–Kier alpha value is -2.86. The first-order valence-electron chi connectivity index (χ1n) is 7.93. The molecular formula is C20H21ClO6. The van der Waals surface area contributed by atoms with Crippen molar-refractivity contribution in [1.29, 1.82) is 0 Å². The van der Waals surface area contributed by atoms with Gasteiger partial charge in [0, 0.05) is 6.07 Å². The lowest BCUT2D eigenvalue weighted by atomic mass is 10.1. The van der Waals surface area contributed by atoms with E-state index >= 15 is 0 Å². The van der Waals surface area contributed by atoms with Crippen LogP contribution in [0.15, 0.2) is 30.3 Å². The molecule has 0 spiro atoms. The summed E-state index contributed by atoms with van der Waals surface area (Å²) >= 11 is 6.13. The summed E-state index contributed by atoms with van der Waals surface area (Å²) in [6, 6.07) is 6.57. The van der Waals surface area contributed by atoms with E-state index in [4.69, 9.17) is 35.3 Å². The zero-order valence-corrected chi connectivity index (χ0v) is 16.5. The van der Waals surface area contributed by atoms with Crippen molar-refractivity contribution in [3.8, 4) is 28.7 Å².